The minimum Gasteiger partial charge on any atom is -0.477 e. The Balaban J connectivity index is 2.27. The van der Waals surface area contributed by atoms with Gasteiger partial charge in [0.2, 0.25) is 0 Å². The molecule has 0 radical (unpaired) electrons. The number of hydrogen-bond donors (Lipinski definition) is 1. The van der Waals surface area contributed by atoms with E-state index in [1.54, 1.807) is 16.7 Å². The van der Waals surface area contributed by atoms with E-state index in [9.17, 15) is 9.59 Å². The average molecular weight is 255 g/mol. The number of nitrogens with zero attached hydrogens (tertiary/aromatic N) is 3. The van der Waals surface area contributed by atoms with Crippen LogP contribution in [0.2, 0.25) is 0 Å². The van der Waals surface area contributed by atoms with Crippen LogP contribution in [-0.4, -0.2) is 56.3 Å². The van der Waals surface area contributed by atoms with E-state index in [-0.39, 0.29) is 17.2 Å². The second-order valence-corrected chi connectivity index (χ2v) is 4.96. The molecule has 1 aliphatic heterocycles. The summed E-state index contributed by atoms with van der Waals surface area (Å²) in [6.45, 7) is 1.33. The highest BCUT2D eigenvalue weighted by Gasteiger charge is 2.26. The maximum Gasteiger partial charge on any atom is 0.354 e. The van der Waals surface area contributed by atoms with Gasteiger partial charge in [-0.3, -0.25) is 9.48 Å². The van der Waals surface area contributed by atoms with Gasteiger partial charge in [0.15, 0.2) is 5.69 Å². The third-order valence-corrected chi connectivity index (χ3v) is 3.61. The number of carboxylic acids is 1. The fourth-order valence-corrected chi connectivity index (χ4v) is 2.69. The molecule has 17 heavy (non-hydrogen) atoms. The van der Waals surface area contributed by atoms with Gasteiger partial charge in [-0.2, -0.15) is 16.9 Å². The third kappa shape index (κ3) is 2.28. The van der Waals surface area contributed by atoms with Crippen LogP contribution in [0.5, 0.6) is 0 Å². The molecule has 1 aliphatic rings. The van der Waals surface area contributed by atoms with Gasteiger partial charge in [-0.15, -0.1) is 0 Å². The molecule has 0 unspecified atom stereocenters. The fraction of sp³-hybridized carbons (Fsp3) is 0.500. The van der Waals surface area contributed by atoms with Crippen LogP contribution in [0, 0.1) is 0 Å². The molecule has 1 aromatic heterocycles. The summed E-state index contributed by atoms with van der Waals surface area (Å²) in [5, 5.41) is 12.9. The van der Waals surface area contributed by atoms with Gasteiger partial charge >= 0.3 is 5.97 Å². The standard InChI is InChI=1S/C10H13N3O3S/c1-12-8(10(15)16)7(6-11-12)9(14)13-2-4-17-5-3-13/h6H,2-5H2,1H3,(H,15,16). The van der Waals surface area contributed by atoms with Gasteiger partial charge in [0, 0.05) is 31.6 Å². The minimum atomic E-state index is -1.13. The van der Waals surface area contributed by atoms with Crippen molar-refractivity contribution >= 4 is 23.6 Å². The topological polar surface area (TPSA) is 75.4 Å². The molecular weight excluding hydrogens is 242 g/mol. The van der Waals surface area contributed by atoms with Crippen LogP contribution in [0.3, 0.4) is 0 Å². The maximum atomic E-state index is 12.1. The predicted molar refractivity (Wildman–Crippen MR) is 63.4 cm³/mol. The Morgan fingerprint density at radius 3 is 2.65 bits per heavy atom. The van der Waals surface area contributed by atoms with Crippen molar-refractivity contribution in [2.45, 2.75) is 0 Å². The van der Waals surface area contributed by atoms with Gasteiger partial charge in [0.05, 0.1) is 11.8 Å². The number of rotatable bonds is 2. The van der Waals surface area contributed by atoms with E-state index in [0.29, 0.717) is 13.1 Å². The molecule has 0 spiro atoms. The van der Waals surface area contributed by atoms with Crippen LogP contribution < -0.4 is 0 Å². The van der Waals surface area contributed by atoms with Crippen LogP contribution in [-0.2, 0) is 7.05 Å². The number of thioether (sulfide) groups is 1. The van der Waals surface area contributed by atoms with Crippen molar-refractivity contribution in [2.24, 2.45) is 7.05 Å². The summed E-state index contributed by atoms with van der Waals surface area (Å²) in [5.41, 5.74) is 0.125. The Morgan fingerprint density at radius 1 is 1.41 bits per heavy atom. The van der Waals surface area contributed by atoms with E-state index in [4.69, 9.17) is 5.11 Å². The van der Waals surface area contributed by atoms with Crippen molar-refractivity contribution in [3.63, 3.8) is 0 Å². The van der Waals surface area contributed by atoms with Gasteiger partial charge in [-0.25, -0.2) is 4.79 Å². The normalized spacial score (nSPS) is 15.9. The zero-order valence-electron chi connectivity index (χ0n) is 9.42. The number of carbonyl (C=O) groups is 2. The zero-order chi connectivity index (χ0) is 12.4. The Hall–Kier alpha value is -1.50. The first-order chi connectivity index (χ1) is 8.11. The molecule has 1 fully saturated rings. The monoisotopic (exact) mass is 255 g/mol. The van der Waals surface area contributed by atoms with E-state index in [1.165, 1.54) is 17.9 Å². The molecule has 1 amide bonds. The highest BCUT2D eigenvalue weighted by molar-refractivity contribution is 7.99. The van der Waals surface area contributed by atoms with Gasteiger partial charge < -0.3 is 10.0 Å². The first kappa shape index (κ1) is 12.0. The number of hydrogen-bond acceptors (Lipinski definition) is 4. The average Bonchev–Trinajstić information content (AvgIpc) is 2.71. The summed E-state index contributed by atoms with van der Waals surface area (Å²) in [7, 11) is 1.52. The summed E-state index contributed by atoms with van der Waals surface area (Å²) in [6, 6.07) is 0. The molecule has 1 aromatic rings. The van der Waals surface area contributed by atoms with Gasteiger partial charge in [-0.1, -0.05) is 0 Å². The van der Waals surface area contributed by atoms with Crippen LogP contribution >= 0.6 is 11.8 Å². The Labute approximate surface area is 103 Å². The number of aromatic nitrogens is 2. The Morgan fingerprint density at radius 2 is 2.06 bits per heavy atom. The van der Waals surface area contributed by atoms with E-state index >= 15 is 0 Å². The summed E-state index contributed by atoms with van der Waals surface area (Å²) >= 11 is 1.80. The van der Waals surface area contributed by atoms with Crippen molar-refractivity contribution in [1.82, 2.24) is 14.7 Å². The Kier molecular flexibility index (Phi) is 3.37. The predicted octanol–water partition coefficient (Wildman–Crippen LogP) is 0.307. The fourth-order valence-electron chi connectivity index (χ4n) is 1.78. The SMILES string of the molecule is Cn1ncc(C(=O)N2CCSCC2)c1C(=O)O. The number of carboxylic acid groups (broad SMARTS) is 1. The molecule has 0 bridgehead atoms. The molecule has 1 N–H and O–H groups in total. The van der Waals surface area contributed by atoms with Crippen LogP contribution in [0.1, 0.15) is 20.8 Å². The van der Waals surface area contributed by atoms with Crippen molar-refractivity contribution in [3.05, 3.63) is 17.5 Å². The van der Waals surface area contributed by atoms with E-state index in [0.717, 1.165) is 11.5 Å². The summed E-state index contributed by atoms with van der Waals surface area (Å²) in [5.74, 6) is 0.429. The summed E-state index contributed by atoms with van der Waals surface area (Å²) in [4.78, 5) is 24.9. The first-order valence-electron chi connectivity index (χ1n) is 5.23. The second kappa shape index (κ2) is 4.79. The lowest BCUT2D eigenvalue weighted by Crippen LogP contribution is -2.38. The quantitative estimate of drug-likeness (QED) is 0.823. The molecule has 0 aliphatic carbocycles. The number of carbonyl (C=O) groups excluding carboxylic acids is 1. The van der Waals surface area contributed by atoms with Crippen LogP contribution in [0.15, 0.2) is 6.20 Å². The lowest BCUT2D eigenvalue weighted by Gasteiger charge is -2.26. The maximum absolute atomic E-state index is 12.1. The highest BCUT2D eigenvalue weighted by atomic mass is 32.2. The molecule has 92 valence electrons. The number of aromatic carboxylic acids is 1. The minimum absolute atomic E-state index is 0.0479. The van der Waals surface area contributed by atoms with Crippen molar-refractivity contribution in [3.8, 4) is 0 Å². The van der Waals surface area contributed by atoms with Crippen LogP contribution in [0.25, 0.3) is 0 Å². The summed E-state index contributed by atoms with van der Waals surface area (Å²) < 4.78 is 1.22. The number of amides is 1. The molecule has 0 atom stereocenters. The van der Waals surface area contributed by atoms with E-state index in [1.807, 2.05) is 0 Å². The van der Waals surface area contributed by atoms with E-state index in [2.05, 4.69) is 5.10 Å². The molecule has 7 heteroatoms. The third-order valence-electron chi connectivity index (χ3n) is 2.67. The lowest BCUT2D eigenvalue weighted by molar-refractivity contribution is 0.0667. The van der Waals surface area contributed by atoms with Gasteiger partial charge in [-0.05, 0) is 0 Å². The Bertz CT molecular complexity index is 452. The summed E-state index contributed by atoms with van der Waals surface area (Å²) in [6.07, 6.45) is 1.33. The number of aryl methyl sites for hydroxylation is 1. The molecule has 6 nitrogen and oxygen atoms in total. The highest BCUT2D eigenvalue weighted by Crippen LogP contribution is 2.15. The first-order valence-corrected chi connectivity index (χ1v) is 6.39. The van der Waals surface area contributed by atoms with Crippen molar-refractivity contribution in [1.29, 1.82) is 0 Å². The largest absolute Gasteiger partial charge is 0.477 e. The van der Waals surface area contributed by atoms with Gasteiger partial charge in [0.1, 0.15) is 0 Å². The molecule has 2 rings (SSSR count). The molecular formula is C10H13N3O3S. The zero-order valence-corrected chi connectivity index (χ0v) is 10.2. The molecule has 1 saturated heterocycles. The van der Waals surface area contributed by atoms with E-state index < -0.39 is 5.97 Å². The molecule has 0 aromatic carbocycles. The van der Waals surface area contributed by atoms with Crippen molar-refractivity contribution in [2.75, 3.05) is 24.6 Å². The van der Waals surface area contributed by atoms with Gasteiger partial charge in [0.25, 0.3) is 5.91 Å². The molecule has 0 saturated carbocycles. The molecule has 2 heterocycles. The lowest BCUT2D eigenvalue weighted by atomic mass is 10.2. The second-order valence-electron chi connectivity index (χ2n) is 3.74. The van der Waals surface area contributed by atoms with Crippen LogP contribution in [0.4, 0.5) is 0 Å². The van der Waals surface area contributed by atoms with Crippen molar-refractivity contribution < 1.29 is 14.7 Å². The smallest absolute Gasteiger partial charge is 0.354 e.